The van der Waals surface area contributed by atoms with Gasteiger partial charge in [-0.05, 0) is 43.0 Å². The normalized spacial score (nSPS) is 16.1. The van der Waals surface area contributed by atoms with Gasteiger partial charge in [0, 0.05) is 0 Å². The van der Waals surface area contributed by atoms with Gasteiger partial charge in [-0.1, -0.05) is 29.8 Å². The zero-order valence-electron chi connectivity index (χ0n) is 12.3. The Balaban J connectivity index is 1.97. The summed E-state index contributed by atoms with van der Waals surface area (Å²) in [5.41, 5.74) is 5.41. The molecule has 1 unspecified atom stereocenters. The highest BCUT2D eigenvalue weighted by Gasteiger charge is 2.24. The fourth-order valence-corrected chi connectivity index (χ4v) is 2.99. The third kappa shape index (κ3) is 2.45. The number of nitrogens with zero attached hydrogens (tertiary/aromatic N) is 1. The third-order valence-electron chi connectivity index (χ3n) is 4.06. The van der Waals surface area contributed by atoms with E-state index in [2.05, 4.69) is 36.5 Å². The summed E-state index contributed by atoms with van der Waals surface area (Å²) in [5, 5.41) is 12.8. The van der Waals surface area contributed by atoms with Gasteiger partial charge in [-0.2, -0.15) is 5.26 Å². The van der Waals surface area contributed by atoms with Gasteiger partial charge in [-0.15, -0.1) is 0 Å². The molecule has 0 bridgehead atoms. The quantitative estimate of drug-likeness (QED) is 0.923. The van der Waals surface area contributed by atoms with Crippen LogP contribution in [0.15, 0.2) is 36.4 Å². The fourth-order valence-electron chi connectivity index (χ4n) is 2.99. The van der Waals surface area contributed by atoms with Crippen molar-refractivity contribution in [2.45, 2.75) is 25.8 Å². The number of rotatable bonds is 3. The zero-order valence-corrected chi connectivity index (χ0v) is 12.3. The van der Waals surface area contributed by atoms with Gasteiger partial charge in [0.2, 0.25) is 0 Å². The van der Waals surface area contributed by atoms with Crippen LogP contribution in [0.3, 0.4) is 0 Å². The molecule has 0 spiro atoms. The predicted molar refractivity (Wildman–Crippen MR) is 83.6 cm³/mol. The van der Waals surface area contributed by atoms with E-state index in [1.54, 1.807) is 7.11 Å². The molecule has 2 aromatic rings. The molecule has 1 N–H and O–H groups in total. The molecule has 0 aliphatic heterocycles. The Bertz CT molecular complexity index is 716. The summed E-state index contributed by atoms with van der Waals surface area (Å²) in [6, 6.07) is 14.6. The smallest absolute Gasteiger partial charge is 0.143 e. The minimum atomic E-state index is 0.239. The van der Waals surface area contributed by atoms with Crippen molar-refractivity contribution in [1.82, 2.24) is 0 Å². The van der Waals surface area contributed by atoms with Crippen LogP contribution in [0.1, 0.15) is 34.7 Å². The molecule has 0 fully saturated rings. The van der Waals surface area contributed by atoms with E-state index >= 15 is 0 Å². The molecule has 0 saturated carbocycles. The number of aryl methyl sites for hydroxylation is 2. The monoisotopic (exact) mass is 278 g/mol. The van der Waals surface area contributed by atoms with Crippen LogP contribution in [0.4, 0.5) is 5.69 Å². The lowest BCUT2D eigenvalue weighted by molar-refractivity contribution is 0.416. The molecular weight excluding hydrogens is 260 g/mol. The van der Waals surface area contributed by atoms with Crippen molar-refractivity contribution in [3.63, 3.8) is 0 Å². The van der Waals surface area contributed by atoms with Crippen molar-refractivity contribution >= 4 is 5.69 Å². The maximum absolute atomic E-state index is 9.31. The van der Waals surface area contributed by atoms with E-state index < -0.39 is 0 Å². The second-order valence-electron chi connectivity index (χ2n) is 5.43. The largest absolute Gasteiger partial charge is 0.495 e. The number of nitriles is 1. The van der Waals surface area contributed by atoms with Crippen LogP contribution in [0.25, 0.3) is 0 Å². The van der Waals surface area contributed by atoms with E-state index in [-0.39, 0.29) is 6.04 Å². The summed E-state index contributed by atoms with van der Waals surface area (Å²) in [5.74, 6) is 0.718. The number of anilines is 1. The van der Waals surface area contributed by atoms with Crippen molar-refractivity contribution in [2.24, 2.45) is 0 Å². The SMILES string of the molecule is COc1cccc(C#N)c1NC1CCc2ccc(C)cc21. The van der Waals surface area contributed by atoms with Crippen molar-refractivity contribution in [3.8, 4) is 11.8 Å². The number of ether oxygens (including phenoxy) is 1. The number of fused-ring (bicyclic) bond motifs is 1. The van der Waals surface area contributed by atoms with Crippen LogP contribution in [0.2, 0.25) is 0 Å². The molecule has 0 radical (unpaired) electrons. The van der Waals surface area contributed by atoms with Gasteiger partial charge in [0.15, 0.2) is 0 Å². The topological polar surface area (TPSA) is 45.0 Å². The van der Waals surface area contributed by atoms with Crippen LogP contribution in [0, 0.1) is 18.3 Å². The average Bonchev–Trinajstić information content (AvgIpc) is 2.90. The van der Waals surface area contributed by atoms with Crippen molar-refractivity contribution in [1.29, 1.82) is 5.26 Å². The lowest BCUT2D eigenvalue weighted by Crippen LogP contribution is -2.09. The molecule has 3 rings (SSSR count). The Morgan fingerprint density at radius 3 is 2.90 bits per heavy atom. The van der Waals surface area contributed by atoms with Crippen LogP contribution in [-0.2, 0) is 6.42 Å². The third-order valence-corrected chi connectivity index (χ3v) is 4.06. The molecule has 21 heavy (non-hydrogen) atoms. The fraction of sp³-hybridized carbons (Fsp3) is 0.278. The molecule has 1 aliphatic rings. The minimum absolute atomic E-state index is 0.239. The summed E-state index contributed by atoms with van der Waals surface area (Å²) in [6.45, 7) is 2.11. The van der Waals surface area contributed by atoms with Gasteiger partial charge >= 0.3 is 0 Å². The number of hydrogen-bond acceptors (Lipinski definition) is 3. The maximum Gasteiger partial charge on any atom is 0.143 e. The molecule has 106 valence electrons. The first-order valence-electron chi connectivity index (χ1n) is 7.16. The lowest BCUT2D eigenvalue weighted by atomic mass is 10.0. The molecule has 3 heteroatoms. The highest BCUT2D eigenvalue weighted by Crippen LogP contribution is 2.38. The lowest BCUT2D eigenvalue weighted by Gasteiger charge is -2.19. The Kier molecular flexibility index (Phi) is 3.53. The van der Waals surface area contributed by atoms with Gasteiger partial charge in [0.25, 0.3) is 0 Å². The summed E-state index contributed by atoms with van der Waals surface area (Å²) >= 11 is 0. The van der Waals surface area contributed by atoms with Gasteiger partial charge in [-0.3, -0.25) is 0 Å². The first-order valence-corrected chi connectivity index (χ1v) is 7.16. The van der Waals surface area contributed by atoms with E-state index in [0.717, 1.165) is 24.3 Å². The second kappa shape index (κ2) is 5.49. The Hall–Kier alpha value is -2.47. The number of para-hydroxylation sites is 1. The predicted octanol–water partition coefficient (Wildman–Crippen LogP) is 3.97. The molecule has 2 aromatic carbocycles. The average molecular weight is 278 g/mol. The van der Waals surface area contributed by atoms with E-state index in [0.29, 0.717) is 5.56 Å². The van der Waals surface area contributed by atoms with Crippen LogP contribution in [0.5, 0.6) is 5.75 Å². The molecule has 1 aliphatic carbocycles. The van der Waals surface area contributed by atoms with Crippen molar-refractivity contribution < 1.29 is 4.74 Å². The molecule has 0 amide bonds. The van der Waals surface area contributed by atoms with E-state index in [4.69, 9.17) is 4.74 Å². The summed E-state index contributed by atoms with van der Waals surface area (Å²) in [6.07, 6.45) is 2.12. The second-order valence-corrected chi connectivity index (χ2v) is 5.43. The van der Waals surface area contributed by atoms with Gasteiger partial charge in [0.05, 0.1) is 24.4 Å². The highest BCUT2D eigenvalue weighted by molar-refractivity contribution is 5.67. The molecule has 0 heterocycles. The van der Waals surface area contributed by atoms with Crippen molar-refractivity contribution in [2.75, 3.05) is 12.4 Å². The molecule has 3 nitrogen and oxygen atoms in total. The van der Waals surface area contributed by atoms with E-state index in [1.807, 2.05) is 18.2 Å². The van der Waals surface area contributed by atoms with E-state index in [9.17, 15) is 5.26 Å². The van der Waals surface area contributed by atoms with E-state index in [1.165, 1.54) is 16.7 Å². The number of hydrogen-bond donors (Lipinski definition) is 1. The number of methoxy groups -OCH3 is 1. The van der Waals surface area contributed by atoms with Crippen LogP contribution in [-0.4, -0.2) is 7.11 Å². The minimum Gasteiger partial charge on any atom is -0.495 e. The Morgan fingerprint density at radius 2 is 2.14 bits per heavy atom. The van der Waals surface area contributed by atoms with Gasteiger partial charge < -0.3 is 10.1 Å². The van der Waals surface area contributed by atoms with Gasteiger partial charge in [-0.25, -0.2) is 0 Å². The number of nitrogens with one attached hydrogen (secondary N) is 1. The first kappa shape index (κ1) is 13.5. The summed E-state index contributed by atoms with van der Waals surface area (Å²) < 4.78 is 5.40. The Labute approximate surface area is 125 Å². The maximum atomic E-state index is 9.31. The van der Waals surface area contributed by atoms with Crippen molar-refractivity contribution in [3.05, 3.63) is 58.7 Å². The zero-order chi connectivity index (χ0) is 14.8. The molecule has 1 atom stereocenters. The summed E-state index contributed by atoms with van der Waals surface area (Å²) in [4.78, 5) is 0. The highest BCUT2D eigenvalue weighted by atomic mass is 16.5. The van der Waals surface area contributed by atoms with Gasteiger partial charge in [0.1, 0.15) is 11.8 Å². The first-order chi connectivity index (χ1) is 10.2. The number of benzene rings is 2. The standard InChI is InChI=1S/C18H18N2O/c1-12-6-7-13-8-9-16(15(13)10-12)20-18-14(11-19)4-3-5-17(18)21-2/h3-7,10,16,20H,8-9H2,1-2H3. The Morgan fingerprint density at radius 1 is 1.29 bits per heavy atom. The molecule has 0 aromatic heterocycles. The summed E-state index contributed by atoms with van der Waals surface area (Å²) in [7, 11) is 1.63. The molecule has 0 saturated heterocycles. The molecular formula is C18H18N2O. The van der Waals surface area contributed by atoms with Crippen LogP contribution < -0.4 is 10.1 Å². The van der Waals surface area contributed by atoms with Crippen LogP contribution >= 0.6 is 0 Å².